The zero-order valence-electron chi connectivity index (χ0n) is 13.8. The smallest absolute Gasteiger partial charge is 0.258 e. The molecule has 0 aromatic heterocycles. The van der Waals surface area contributed by atoms with Crippen LogP contribution in [0, 0.1) is 5.82 Å². The lowest BCUT2D eigenvalue weighted by atomic mass is 10.2. The number of carbonyl (C=O) groups is 2. The normalized spacial score (nSPS) is 10.0. The first kappa shape index (κ1) is 18.3. The first-order valence-electron chi connectivity index (χ1n) is 7.66. The van der Waals surface area contributed by atoms with Gasteiger partial charge in [-0.25, -0.2) is 4.39 Å². The Morgan fingerprint density at radius 2 is 1.60 bits per heavy atom. The topological polar surface area (TPSA) is 76.7 Å². The molecule has 2 aromatic rings. The molecule has 0 saturated carbocycles. The average Bonchev–Trinajstić information content (AvgIpc) is 2.64. The first-order chi connectivity index (χ1) is 12.1. The van der Waals surface area contributed by atoms with Crippen LogP contribution >= 0.6 is 0 Å². The summed E-state index contributed by atoms with van der Waals surface area (Å²) in [5.74, 6) is -0.0352. The van der Waals surface area contributed by atoms with Gasteiger partial charge in [0, 0.05) is 18.7 Å². The van der Waals surface area contributed by atoms with Crippen LogP contribution in [0.2, 0.25) is 0 Å². The van der Waals surface area contributed by atoms with E-state index in [0.717, 1.165) is 0 Å². The fourth-order valence-corrected chi connectivity index (χ4v) is 2.01. The number of nitrogens with one attached hydrogen (secondary N) is 2. The molecule has 25 heavy (non-hydrogen) atoms. The third kappa shape index (κ3) is 5.80. The van der Waals surface area contributed by atoms with Gasteiger partial charge >= 0.3 is 0 Å². The highest BCUT2D eigenvalue weighted by Crippen LogP contribution is 2.25. The molecule has 0 spiro atoms. The van der Waals surface area contributed by atoms with Gasteiger partial charge in [-0.15, -0.1) is 0 Å². The van der Waals surface area contributed by atoms with Gasteiger partial charge in [0.15, 0.2) is 18.1 Å². The van der Waals surface area contributed by atoms with Crippen LogP contribution in [0.25, 0.3) is 0 Å². The molecule has 0 aliphatic heterocycles. The van der Waals surface area contributed by atoms with Crippen molar-refractivity contribution in [3.8, 4) is 11.5 Å². The molecule has 7 heteroatoms. The summed E-state index contributed by atoms with van der Waals surface area (Å²) in [7, 11) is 1.52. The van der Waals surface area contributed by atoms with E-state index >= 15 is 0 Å². The van der Waals surface area contributed by atoms with E-state index in [9.17, 15) is 14.0 Å². The van der Waals surface area contributed by atoms with Crippen LogP contribution < -0.4 is 20.1 Å². The van der Waals surface area contributed by atoms with Crippen molar-refractivity contribution in [2.24, 2.45) is 0 Å². The van der Waals surface area contributed by atoms with E-state index in [0.29, 0.717) is 17.1 Å². The molecule has 0 heterocycles. The Kier molecular flexibility index (Phi) is 6.76. The van der Waals surface area contributed by atoms with Crippen LogP contribution in [0.5, 0.6) is 11.5 Å². The van der Waals surface area contributed by atoms with Crippen molar-refractivity contribution in [2.75, 3.05) is 26.8 Å². The van der Waals surface area contributed by atoms with Gasteiger partial charge in [0.2, 0.25) is 0 Å². The van der Waals surface area contributed by atoms with E-state index in [4.69, 9.17) is 9.47 Å². The summed E-state index contributed by atoms with van der Waals surface area (Å²) >= 11 is 0. The van der Waals surface area contributed by atoms with E-state index in [-0.39, 0.29) is 31.5 Å². The lowest BCUT2D eigenvalue weighted by Crippen LogP contribution is -2.36. The fraction of sp³-hybridized carbons (Fsp3) is 0.222. The third-order valence-electron chi connectivity index (χ3n) is 3.27. The summed E-state index contributed by atoms with van der Waals surface area (Å²) < 4.78 is 23.3. The number of benzene rings is 2. The van der Waals surface area contributed by atoms with Crippen LogP contribution in [0.4, 0.5) is 4.39 Å². The quantitative estimate of drug-likeness (QED) is 0.714. The Morgan fingerprint density at radius 3 is 2.28 bits per heavy atom. The summed E-state index contributed by atoms with van der Waals surface area (Å²) in [6.07, 6.45) is 0. The van der Waals surface area contributed by atoms with Crippen molar-refractivity contribution in [3.63, 3.8) is 0 Å². The van der Waals surface area contributed by atoms with Gasteiger partial charge in [0.25, 0.3) is 11.8 Å². The molecule has 2 aromatic carbocycles. The van der Waals surface area contributed by atoms with Crippen molar-refractivity contribution >= 4 is 11.8 Å². The maximum absolute atomic E-state index is 12.8. The van der Waals surface area contributed by atoms with Crippen LogP contribution in [-0.2, 0) is 4.79 Å². The summed E-state index contributed by atoms with van der Waals surface area (Å²) in [6, 6.07) is 12.2. The van der Waals surface area contributed by atoms with Gasteiger partial charge in [0.05, 0.1) is 7.11 Å². The van der Waals surface area contributed by atoms with Gasteiger partial charge < -0.3 is 20.1 Å². The van der Waals surface area contributed by atoms with E-state index in [1.807, 2.05) is 0 Å². The number of rotatable bonds is 8. The average molecular weight is 346 g/mol. The number of amides is 2. The second-order valence-corrected chi connectivity index (χ2v) is 5.05. The molecule has 0 bridgehead atoms. The van der Waals surface area contributed by atoms with Crippen molar-refractivity contribution in [1.82, 2.24) is 10.6 Å². The predicted molar refractivity (Wildman–Crippen MR) is 90.2 cm³/mol. The van der Waals surface area contributed by atoms with E-state index < -0.39 is 5.82 Å². The second kappa shape index (κ2) is 9.27. The highest BCUT2D eigenvalue weighted by molar-refractivity contribution is 5.94. The van der Waals surface area contributed by atoms with Crippen molar-refractivity contribution < 1.29 is 23.5 Å². The summed E-state index contributed by atoms with van der Waals surface area (Å²) in [4.78, 5) is 23.5. The minimum atomic E-state index is -0.404. The number of methoxy groups -OCH3 is 1. The van der Waals surface area contributed by atoms with Crippen LogP contribution in [-0.4, -0.2) is 38.6 Å². The molecule has 2 amide bonds. The molecule has 0 aliphatic carbocycles. The highest BCUT2D eigenvalue weighted by atomic mass is 19.1. The van der Waals surface area contributed by atoms with Crippen LogP contribution in [0.1, 0.15) is 10.4 Å². The Bertz CT molecular complexity index is 719. The highest BCUT2D eigenvalue weighted by Gasteiger charge is 2.07. The largest absolute Gasteiger partial charge is 0.493 e. The third-order valence-corrected chi connectivity index (χ3v) is 3.27. The van der Waals surface area contributed by atoms with Crippen molar-refractivity contribution in [1.29, 1.82) is 0 Å². The van der Waals surface area contributed by atoms with Crippen molar-refractivity contribution in [3.05, 3.63) is 59.9 Å². The summed E-state index contributed by atoms with van der Waals surface area (Å²) in [5, 5.41) is 5.26. The summed E-state index contributed by atoms with van der Waals surface area (Å²) in [6.45, 7) is 0.337. The molecule has 0 atom stereocenters. The van der Waals surface area contributed by atoms with E-state index in [1.165, 1.54) is 31.4 Å². The number of hydrogen-bond donors (Lipinski definition) is 2. The molecule has 0 fully saturated rings. The fourth-order valence-electron chi connectivity index (χ4n) is 2.01. The number of ether oxygens (including phenoxy) is 2. The first-order valence-corrected chi connectivity index (χ1v) is 7.66. The standard InChI is InChI=1S/C18H19FN2O4/c1-24-15-4-2-3-5-16(15)25-12-17(22)20-10-11-21-18(23)13-6-8-14(19)9-7-13/h2-9H,10-12H2,1H3,(H,20,22)(H,21,23). The maximum Gasteiger partial charge on any atom is 0.258 e. The Hall–Kier alpha value is -3.09. The zero-order valence-corrected chi connectivity index (χ0v) is 13.8. The molecule has 2 N–H and O–H groups in total. The Labute approximate surface area is 144 Å². The number of carbonyl (C=O) groups excluding carboxylic acids is 2. The van der Waals surface area contributed by atoms with Crippen molar-refractivity contribution in [2.45, 2.75) is 0 Å². The molecular formula is C18H19FN2O4. The molecule has 132 valence electrons. The Balaban J connectivity index is 1.67. The van der Waals surface area contributed by atoms with Gasteiger partial charge in [0.1, 0.15) is 5.82 Å². The van der Waals surface area contributed by atoms with E-state index in [1.54, 1.807) is 24.3 Å². The lowest BCUT2D eigenvalue weighted by molar-refractivity contribution is -0.123. The molecule has 6 nitrogen and oxygen atoms in total. The molecular weight excluding hydrogens is 327 g/mol. The van der Waals surface area contributed by atoms with E-state index in [2.05, 4.69) is 10.6 Å². The SMILES string of the molecule is COc1ccccc1OCC(=O)NCCNC(=O)c1ccc(F)cc1. The lowest BCUT2D eigenvalue weighted by Gasteiger charge is -2.11. The van der Waals surface area contributed by atoms with Gasteiger partial charge in [-0.1, -0.05) is 12.1 Å². The minimum absolute atomic E-state index is 0.160. The monoisotopic (exact) mass is 346 g/mol. The molecule has 0 aliphatic rings. The zero-order chi connectivity index (χ0) is 18.1. The molecule has 2 rings (SSSR count). The number of halogens is 1. The van der Waals surface area contributed by atoms with Crippen LogP contribution in [0.15, 0.2) is 48.5 Å². The Morgan fingerprint density at radius 1 is 0.960 bits per heavy atom. The van der Waals surface area contributed by atoms with Gasteiger partial charge in [-0.2, -0.15) is 0 Å². The molecule has 0 radical (unpaired) electrons. The molecule has 0 saturated heterocycles. The number of hydrogen-bond acceptors (Lipinski definition) is 4. The number of para-hydroxylation sites is 2. The predicted octanol–water partition coefficient (Wildman–Crippen LogP) is 1.76. The second-order valence-electron chi connectivity index (χ2n) is 5.05. The maximum atomic E-state index is 12.8. The van der Waals surface area contributed by atoms with Crippen LogP contribution in [0.3, 0.4) is 0 Å². The van der Waals surface area contributed by atoms with Gasteiger partial charge in [-0.05, 0) is 36.4 Å². The molecule has 0 unspecified atom stereocenters. The minimum Gasteiger partial charge on any atom is -0.493 e. The summed E-state index contributed by atoms with van der Waals surface area (Å²) in [5.41, 5.74) is 0.354. The van der Waals surface area contributed by atoms with Gasteiger partial charge in [-0.3, -0.25) is 9.59 Å².